The van der Waals surface area contributed by atoms with Crippen molar-refractivity contribution in [1.29, 1.82) is 5.26 Å². The number of carbonyl (C=O) groups is 1. The number of hydrogen-bond donors (Lipinski definition) is 0. The molecular weight excluding hydrogens is 317 g/mol. The van der Waals surface area contributed by atoms with Crippen LogP contribution in [0.2, 0.25) is 0 Å². The largest absolute Gasteiger partial charge is 0.390 e. The van der Waals surface area contributed by atoms with Gasteiger partial charge in [0.25, 0.3) is 0 Å². The number of amides is 1. The molecule has 0 aromatic heterocycles. The van der Waals surface area contributed by atoms with E-state index < -0.39 is 12.6 Å². The minimum absolute atomic E-state index is 0.0555. The van der Waals surface area contributed by atoms with Crippen molar-refractivity contribution in [2.75, 3.05) is 13.1 Å². The Morgan fingerprint density at radius 2 is 2.08 bits per heavy atom. The maximum atomic E-state index is 12.7. The number of alkyl halides is 3. The highest BCUT2D eigenvalue weighted by Gasteiger charge is 2.62. The molecule has 6 heteroatoms. The molecule has 0 saturated heterocycles. The van der Waals surface area contributed by atoms with Gasteiger partial charge in [0.05, 0.1) is 18.9 Å². The Morgan fingerprint density at radius 3 is 2.79 bits per heavy atom. The molecule has 0 unspecified atom stereocenters. The Balaban J connectivity index is 1.72. The molecule has 24 heavy (non-hydrogen) atoms. The highest BCUT2D eigenvalue weighted by molar-refractivity contribution is 5.85. The van der Waals surface area contributed by atoms with E-state index in [9.17, 15) is 18.0 Å². The average molecular weight is 336 g/mol. The van der Waals surface area contributed by atoms with Gasteiger partial charge in [-0.25, -0.2) is 0 Å². The first-order chi connectivity index (χ1) is 11.4. The number of benzene rings is 1. The SMILES string of the molecule is N#CCCN(CCC(F)(F)F)C(=O)[C@H]1C[C@]12CCc1ccccc12. The number of rotatable bonds is 5. The van der Waals surface area contributed by atoms with Crippen LogP contribution in [-0.4, -0.2) is 30.1 Å². The van der Waals surface area contributed by atoms with Crippen molar-refractivity contribution in [2.24, 2.45) is 5.92 Å². The topological polar surface area (TPSA) is 44.1 Å². The van der Waals surface area contributed by atoms with Crippen molar-refractivity contribution in [3.8, 4) is 6.07 Å². The fourth-order valence-corrected chi connectivity index (χ4v) is 3.92. The molecule has 0 aliphatic heterocycles. The molecule has 0 radical (unpaired) electrons. The van der Waals surface area contributed by atoms with E-state index in [0.717, 1.165) is 12.8 Å². The second kappa shape index (κ2) is 6.12. The molecule has 2 aliphatic rings. The van der Waals surface area contributed by atoms with Gasteiger partial charge in [0.2, 0.25) is 5.91 Å². The summed E-state index contributed by atoms with van der Waals surface area (Å²) in [5, 5.41) is 8.70. The second-order valence-electron chi connectivity index (χ2n) is 6.67. The van der Waals surface area contributed by atoms with Crippen LogP contribution in [0.4, 0.5) is 13.2 Å². The minimum atomic E-state index is -4.30. The average Bonchev–Trinajstić information content (AvgIpc) is 3.15. The van der Waals surface area contributed by atoms with Crippen molar-refractivity contribution in [3.63, 3.8) is 0 Å². The number of aryl methyl sites for hydroxylation is 1. The molecule has 0 heterocycles. The van der Waals surface area contributed by atoms with Gasteiger partial charge in [-0.2, -0.15) is 18.4 Å². The Kier molecular flexibility index (Phi) is 4.29. The highest BCUT2D eigenvalue weighted by Crippen LogP contribution is 2.62. The van der Waals surface area contributed by atoms with E-state index in [1.54, 1.807) is 0 Å². The lowest BCUT2D eigenvalue weighted by atomic mass is 9.95. The minimum Gasteiger partial charge on any atom is -0.341 e. The number of nitrogens with zero attached hydrogens (tertiary/aromatic N) is 2. The first kappa shape index (κ1) is 16.8. The summed E-state index contributed by atoms with van der Waals surface area (Å²) >= 11 is 0. The highest BCUT2D eigenvalue weighted by atomic mass is 19.4. The van der Waals surface area contributed by atoms with E-state index in [4.69, 9.17) is 5.26 Å². The van der Waals surface area contributed by atoms with E-state index in [0.29, 0.717) is 6.42 Å². The molecule has 2 aliphatic carbocycles. The van der Waals surface area contributed by atoms with Crippen molar-refractivity contribution >= 4 is 5.91 Å². The van der Waals surface area contributed by atoms with Crippen molar-refractivity contribution < 1.29 is 18.0 Å². The van der Waals surface area contributed by atoms with Gasteiger partial charge in [0.15, 0.2) is 0 Å². The Hall–Kier alpha value is -2.03. The van der Waals surface area contributed by atoms with Crippen LogP contribution in [0.3, 0.4) is 0 Å². The summed E-state index contributed by atoms with van der Waals surface area (Å²) in [6, 6.07) is 9.92. The zero-order valence-corrected chi connectivity index (χ0v) is 13.3. The van der Waals surface area contributed by atoms with Crippen LogP contribution < -0.4 is 0 Å². The van der Waals surface area contributed by atoms with Gasteiger partial charge in [-0.15, -0.1) is 0 Å². The van der Waals surface area contributed by atoms with E-state index in [2.05, 4.69) is 6.07 Å². The van der Waals surface area contributed by atoms with Crippen LogP contribution in [0.5, 0.6) is 0 Å². The standard InChI is InChI=1S/C18H19F3N2O/c19-18(20,21)8-11-23(10-3-9-22)16(24)15-12-17(15)7-6-13-4-1-2-5-14(13)17/h1-2,4-5,15H,3,6-8,10-12H2/t15-,17+/m1/s1. The second-order valence-corrected chi connectivity index (χ2v) is 6.67. The predicted molar refractivity (Wildman–Crippen MR) is 82.0 cm³/mol. The Morgan fingerprint density at radius 1 is 1.33 bits per heavy atom. The maximum Gasteiger partial charge on any atom is 0.390 e. The molecule has 3 nitrogen and oxygen atoms in total. The molecule has 1 aromatic rings. The summed E-state index contributed by atoms with van der Waals surface area (Å²) in [6.07, 6.45) is -2.76. The first-order valence-electron chi connectivity index (χ1n) is 8.18. The summed E-state index contributed by atoms with van der Waals surface area (Å²) < 4.78 is 37.5. The predicted octanol–water partition coefficient (Wildman–Crippen LogP) is 3.59. The van der Waals surface area contributed by atoms with Crippen LogP contribution in [0, 0.1) is 17.2 Å². The van der Waals surface area contributed by atoms with E-state index in [1.807, 2.05) is 24.3 Å². The number of fused-ring (bicyclic) bond motifs is 2. The van der Waals surface area contributed by atoms with Gasteiger partial charge >= 0.3 is 6.18 Å². The molecule has 128 valence electrons. The summed E-state index contributed by atoms with van der Waals surface area (Å²) in [5.74, 6) is -0.473. The third-order valence-corrected chi connectivity index (χ3v) is 5.24. The number of hydrogen-bond acceptors (Lipinski definition) is 2. The maximum absolute atomic E-state index is 12.7. The molecule has 2 atom stereocenters. The van der Waals surface area contributed by atoms with Crippen molar-refractivity contribution in [3.05, 3.63) is 35.4 Å². The molecule has 3 rings (SSSR count). The molecule has 1 fully saturated rings. The van der Waals surface area contributed by atoms with Gasteiger partial charge in [-0.3, -0.25) is 4.79 Å². The molecular formula is C18H19F3N2O. The normalized spacial score (nSPS) is 24.5. The molecule has 1 saturated carbocycles. The lowest BCUT2D eigenvalue weighted by Gasteiger charge is -2.24. The van der Waals surface area contributed by atoms with E-state index in [-0.39, 0.29) is 36.8 Å². The zero-order chi connectivity index (χ0) is 17.4. The van der Waals surface area contributed by atoms with Gasteiger partial charge in [0.1, 0.15) is 0 Å². The molecule has 1 spiro atoms. The van der Waals surface area contributed by atoms with Crippen LogP contribution in [0.15, 0.2) is 24.3 Å². The molecule has 0 N–H and O–H groups in total. The fraction of sp³-hybridized carbons (Fsp3) is 0.556. The van der Waals surface area contributed by atoms with Gasteiger partial charge in [-0.05, 0) is 30.4 Å². The summed E-state index contributed by atoms with van der Waals surface area (Å²) in [5.41, 5.74) is 2.24. The Bertz CT molecular complexity index is 680. The van der Waals surface area contributed by atoms with Gasteiger partial charge < -0.3 is 4.90 Å². The van der Waals surface area contributed by atoms with E-state index >= 15 is 0 Å². The molecule has 1 aromatic carbocycles. The molecule has 0 bridgehead atoms. The van der Waals surface area contributed by atoms with Gasteiger partial charge in [-0.1, -0.05) is 24.3 Å². The van der Waals surface area contributed by atoms with Crippen molar-refractivity contribution in [1.82, 2.24) is 4.90 Å². The molecule has 1 amide bonds. The van der Waals surface area contributed by atoms with Crippen LogP contribution in [0.1, 0.15) is 36.8 Å². The number of carbonyl (C=O) groups excluding carboxylic acids is 1. The fourth-order valence-electron chi connectivity index (χ4n) is 3.92. The lowest BCUT2D eigenvalue weighted by molar-refractivity contribution is -0.146. The van der Waals surface area contributed by atoms with Gasteiger partial charge in [0, 0.05) is 24.4 Å². The quantitative estimate of drug-likeness (QED) is 0.825. The zero-order valence-electron chi connectivity index (χ0n) is 13.3. The number of nitriles is 1. The first-order valence-corrected chi connectivity index (χ1v) is 8.18. The van der Waals surface area contributed by atoms with Crippen LogP contribution in [-0.2, 0) is 16.6 Å². The lowest BCUT2D eigenvalue weighted by Crippen LogP contribution is -2.37. The number of halogens is 3. The van der Waals surface area contributed by atoms with E-state index in [1.165, 1.54) is 16.0 Å². The monoisotopic (exact) mass is 336 g/mol. The van der Waals surface area contributed by atoms with Crippen LogP contribution in [0.25, 0.3) is 0 Å². The van der Waals surface area contributed by atoms with Crippen molar-refractivity contribution in [2.45, 2.75) is 43.7 Å². The smallest absolute Gasteiger partial charge is 0.341 e. The summed E-state index contributed by atoms with van der Waals surface area (Å²) in [6.45, 7) is -0.294. The summed E-state index contributed by atoms with van der Waals surface area (Å²) in [7, 11) is 0. The third kappa shape index (κ3) is 3.12. The summed E-state index contributed by atoms with van der Waals surface area (Å²) in [4.78, 5) is 14.0. The van der Waals surface area contributed by atoms with Crippen LogP contribution >= 0.6 is 0 Å². The Labute approximate surface area is 139 Å². The third-order valence-electron chi connectivity index (χ3n) is 5.24.